The number of esters is 1. The normalized spacial score (nSPS) is 10.2. The molecule has 0 saturated carbocycles. The van der Waals surface area contributed by atoms with Gasteiger partial charge in [0, 0.05) is 25.7 Å². The van der Waals surface area contributed by atoms with E-state index in [4.69, 9.17) is 0 Å². The van der Waals surface area contributed by atoms with Gasteiger partial charge in [-0.25, -0.2) is 0 Å². The Morgan fingerprint density at radius 2 is 2.06 bits per heavy atom. The van der Waals surface area contributed by atoms with Crippen LogP contribution in [0.2, 0.25) is 0 Å². The fourth-order valence-corrected chi connectivity index (χ4v) is 1.73. The van der Waals surface area contributed by atoms with Gasteiger partial charge in [-0.05, 0) is 20.3 Å². The quantitative estimate of drug-likeness (QED) is 0.620. The summed E-state index contributed by atoms with van der Waals surface area (Å²) in [6.07, 6.45) is 0.874. The van der Waals surface area contributed by atoms with E-state index in [9.17, 15) is 9.59 Å². The Bertz CT molecular complexity index is 452. The van der Waals surface area contributed by atoms with Gasteiger partial charge in [-0.2, -0.15) is 5.10 Å². The maximum absolute atomic E-state index is 11.9. The molecule has 0 saturated heterocycles. The molecule has 1 amide bonds. The van der Waals surface area contributed by atoms with Crippen LogP contribution >= 0.6 is 0 Å². The third-order valence-corrected chi connectivity index (χ3v) is 2.81. The zero-order valence-electron chi connectivity index (χ0n) is 11.2. The number of nitrogens with zero attached hydrogens (tertiary/aromatic N) is 2. The molecule has 0 unspecified atom stereocenters. The summed E-state index contributed by atoms with van der Waals surface area (Å²) >= 11 is 0. The van der Waals surface area contributed by atoms with Gasteiger partial charge in [0.15, 0.2) is 0 Å². The molecule has 0 aliphatic rings. The summed E-state index contributed by atoms with van der Waals surface area (Å²) in [6.45, 7) is 4.10. The largest absolute Gasteiger partial charge is 0.469 e. The predicted molar refractivity (Wildman–Crippen MR) is 66.3 cm³/mol. The molecule has 1 aromatic rings. The number of hydrogen-bond donors (Lipinski definition) is 1. The fourth-order valence-electron chi connectivity index (χ4n) is 1.73. The Balaban J connectivity index is 2.48. The standard InChI is InChI=1S/C12H19N3O3/c1-8-11(9(2)15(3)14-8)12(17)13-7-5-6-10(16)18-4/h5-7H2,1-4H3,(H,13,17). The van der Waals surface area contributed by atoms with Gasteiger partial charge in [0.25, 0.3) is 5.91 Å². The molecule has 1 rings (SSSR count). The van der Waals surface area contributed by atoms with Gasteiger partial charge >= 0.3 is 5.97 Å². The molecule has 18 heavy (non-hydrogen) atoms. The van der Waals surface area contributed by atoms with Crippen LogP contribution < -0.4 is 5.32 Å². The molecule has 6 heteroatoms. The number of rotatable bonds is 5. The van der Waals surface area contributed by atoms with Crippen LogP contribution in [0.15, 0.2) is 0 Å². The van der Waals surface area contributed by atoms with Crippen molar-refractivity contribution in [1.29, 1.82) is 0 Å². The first-order valence-electron chi connectivity index (χ1n) is 5.82. The Morgan fingerprint density at radius 3 is 2.56 bits per heavy atom. The molecule has 0 aromatic carbocycles. The summed E-state index contributed by atoms with van der Waals surface area (Å²) < 4.78 is 6.20. The molecule has 6 nitrogen and oxygen atoms in total. The Hall–Kier alpha value is -1.85. The molecular weight excluding hydrogens is 234 g/mol. The minimum atomic E-state index is -0.266. The smallest absolute Gasteiger partial charge is 0.305 e. The summed E-state index contributed by atoms with van der Waals surface area (Å²) in [4.78, 5) is 22.8. The van der Waals surface area contributed by atoms with Crippen molar-refractivity contribution >= 4 is 11.9 Å². The van der Waals surface area contributed by atoms with Crippen molar-refractivity contribution in [1.82, 2.24) is 15.1 Å². The van der Waals surface area contributed by atoms with E-state index in [1.807, 2.05) is 6.92 Å². The van der Waals surface area contributed by atoms with Gasteiger partial charge in [0.2, 0.25) is 0 Å². The van der Waals surface area contributed by atoms with Crippen molar-refractivity contribution < 1.29 is 14.3 Å². The van der Waals surface area contributed by atoms with Crippen molar-refractivity contribution in [3.8, 4) is 0 Å². The molecule has 0 radical (unpaired) electrons. The third kappa shape index (κ3) is 3.32. The average Bonchev–Trinajstić information content (AvgIpc) is 2.58. The Morgan fingerprint density at radius 1 is 1.39 bits per heavy atom. The van der Waals surface area contributed by atoms with Crippen LogP contribution in [0.5, 0.6) is 0 Å². The third-order valence-electron chi connectivity index (χ3n) is 2.81. The molecule has 0 fully saturated rings. The summed E-state index contributed by atoms with van der Waals surface area (Å²) in [5.41, 5.74) is 2.15. The first kappa shape index (κ1) is 14.2. The topological polar surface area (TPSA) is 73.2 Å². The maximum Gasteiger partial charge on any atom is 0.305 e. The summed E-state index contributed by atoms with van der Waals surface area (Å²) in [5.74, 6) is -0.416. The number of methoxy groups -OCH3 is 1. The number of aryl methyl sites for hydroxylation is 2. The van der Waals surface area contributed by atoms with E-state index in [0.717, 1.165) is 5.69 Å². The monoisotopic (exact) mass is 253 g/mol. The fraction of sp³-hybridized carbons (Fsp3) is 0.583. The SMILES string of the molecule is COC(=O)CCCNC(=O)c1c(C)nn(C)c1C. The Kier molecular flexibility index (Phi) is 4.88. The number of ether oxygens (including phenoxy) is 1. The van der Waals surface area contributed by atoms with Crippen molar-refractivity contribution in [3.63, 3.8) is 0 Å². The number of hydrogen-bond acceptors (Lipinski definition) is 4. The van der Waals surface area contributed by atoms with Crippen LogP contribution in [0.3, 0.4) is 0 Å². The lowest BCUT2D eigenvalue weighted by molar-refractivity contribution is -0.140. The van der Waals surface area contributed by atoms with E-state index >= 15 is 0 Å². The van der Waals surface area contributed by atoms with E-state index in [0.29, 0.717) is 30.6 Å². The van der Waals surface area contributed by atoms with E-state index in [1.54, 1.807) is 18.7 Å². The molecule has 1 heterocycles. The van der Waals surface area contributed by atoms with Crippen LogP contribution in [0.4, 0.5) is 0 Å². The second-order valence-electron chi connectivity index (χ2n) is 4.11. The zero-order chi connectivity index (χ0) is 13.7. The second kappa shape index (κ2) is 6.18. The van der Waals surface area contributed by atoms with Crippen molar-refractivity contribution in [2.75, 3.05) is 13.7 Å². The van der Waals surface area contributed by atoms with Crippen molar-refractivity contribution in [3.05, 3.63) is 17.0 Å². The zero-order valence-corrected chi connectivity index (χ0v) is 11.2. The van der Waals surface area contributed by atoms with E-state index in [1.165, 1.54) is 7.11 Å². The van der Waals surface area contributed by atoms with Crippen LogP contribution in [0.1, 0.15) is 34.6 Å². The summed E-state index contributed by atoms with van der Waals surface area (Å²) in [6, 6.07) is 0. The van der Waals surface area contributed by atoms with Crippen molar-refractivity contribution in [2.24, 2.45) is 7.05 Å². The average molecular weight is 253 g/mol. The highest BCUT2D eigenvalue weighted by molar-refractivity contribution is 5.96. The minimum absolute atomic E-state index is 0.150. The number of aromatic nitrogens is 2. The minimum Gasteiger partial charge on any atom is -0.469 e. The van der Waals surface area contributed by atoms with Gasteiger partial charge in [-0.3, -0.25) is 14.3 Å². The Labute approximate surface area is 106 Å². The predicted octanol–water partition coefficient (Wildman–Crippen LogP) is 0.720. The highest BCUT2D eigenvalue weighted by Gasteiger charge is 2.16. The van der Waals surface area contributed by atoms with E-state index in [-0.39, 0.29) is 11.9 Å². The summed E-state index contributed by atoms with van der Waals surface area (Å²) in [7, 11) is 3.15. The van der Waals surface area contributed by atoms with Crippen LogP contribution in [-0.2, 0) is 16.6 Å². The molecular formula is C12H19N3O3. The first-order valence-corrected chi connectivity index (χ1v) is 5.82. The molecule has 0 bridgehead atoms. The molecule has 1 N–H and O–H groups in total. The number of nitrogens with one attached hydrogen (secondary N) is 1. The van der Waals surface area contributed by atoms with Crippen LogP contribution in [0.25, 0.3) is 0 Å². The lowest BCUT2D eigenvalue weighted by Crippen LogP contribution is -2.26. The molecule has 1 aromatic heterocycles. The number of carbonyl (C=O) groups is 2. The second-order valence-corrected chi connectivity index (χ2v) is 4.11. The molecule has 0 atom stereocenters. The van der Waals surface area contributed by atoms with Crippen LogP contribution in [0, 0.1) is 13.8 Å². The van der Waals surface area contributed by atoms with Gasteiger partial charge in [0.05, 0.1) is 18.4 Å². The van der Waals surface area contributed by atoms with Crippen molar-refractivity contribution in [2.45, 2.75) is 26.7 Å². The van der Waals surface area contributed by atoms with Crippen LogP contribution in [-0.4, -0.2) is 35.3 Å². The highest BCUT2D eigenvalue weighted by atomic mass is 16.5. The van der Waals surface area contributed by atoms with E-state index < -0.39 is 0 Å². The molecule has 0 aliphatic carbocycles. The number of carbonyl (C=O) groups excluding carboxylic acids is 2. The first-order chi connectivity index (χ1) is 8.47. The van der Waals surface area contributed by atoms with Gasteiger partial charge in [-0.1, -0.05) is 0 Å². The van der Waals surface area contributed by atoms with Gasteiger partial charge in [0.1, 0.15) is 0 Å². The molecule has 0 spiro atoms. The van der Waals surface area contributed by atoms with E-state index in [2.05, 4.69) is 15.2 Å². The van der Waals surface area contributed by atoms with Gasteiger partial charge < -0.3 is 10.1 Å². The summed E-state index contributed by atoms with van der Waals surface area (Å²) in [5, 5.41) is 6.96. The van der Waals surface area contributed by atoms with Gasteiger partial charge in [-0.15, -0.1) is 0 Å². The maximum atomic E-state index is 11.9. The highest BCUT2D eigenvalue weighted by Crippen LogP contribution is 2.11. The molecule has 0 aliphatic heterocycles. The lowest BCUT2D eigenvalue weighted by atomic mass is 10.2. The molecule has 100 valence electrons. The number of amides is 1. The lowest BCUT2D eigenvalue weighted by Gasteiger charge is -2.05.